The van der Waals surface area contributed by atoms with Crippen molar-refractivity contribution in [3.8, 4) is 0 Å². The molecule has 1 fully saturated rings. The minimum Gasteiger partial charge on any atom is -0.353 e. The average molecular weight is 349 g/mol. The van der Waals surface area contributed by atoms with Gasteiger partial charge in [0, 0.05) is 12.0 Å². The molecule has 24 heavy (non-hydrogen) atoms. The molecule has 6 heteroatoms. The van der Waals surface area contributed by atoms with Crippen molar-refractivity contribution in [1.82, 2.24) is 5.32 Å². The molecule has 0 aliphatic heterocycles. The van der Waals surface area contributed by atoms with E-state index < -0.39 is 10.6 Å². The van der Waals surface area contributed by atoms with Crippen LogP contribution in [0.5, 0.6) is 0 Å². The molecule has 0 aromatic heterocycles. The molecule has 3 rings (SSSR count). The molecule has 2 aliphatic carbocycles. The molecule has 1 saturated carbocycles. The summed E-state index contributed by atoms with van der Waals surface area (Å²) in [5.74, 6) is 0.287. The summed E-state index contributed by atoms with van der Waals surface area (Å²) in [5, 5.41) is 3.21. The van der Waals surface area contributed by atoms with Gasteiger partial charge in [0.15, 0.2) is 0 Å². The second kappa shape index (κ2) is 8.78. The molecule has 130 valence electrons. The molecule has 5 nitrogen and oxygen atoms in total. The van der Waals surface area contributed by atoms with E-state index in [-0.39, 0.29) is 11.8 Å². The van der Waals surface area contributed by atoms with Crippen LogP contribution in [0.4, 0.5) is 0 Å². The summed E-state index contributed by atoms with van der Waals surface area (Å²) in [6.45, 7) is 2.05. The molecule has 0 bridgehead atoms. The van der Waals surface area contributed by atoms with Crippen LogP contribution in [-0.2, 0) is 21.8 Å². The molecule has 1 N–H and O–H groups in total. The van der Waals surface area contributed by atoms with Crippen LogP contribution in [0.15, 0.2) is 30.3 Å². The second-order valence-electron chi connectivity index (χ2n) is 6.39. The Morgan fingerprint density at radius 1 is 1.21 bits per heavy atom. The molecule has 2 aliphatic rings. The first-order chi connectivity index (χ1) is 11.5. The number of hydrogen-bond donors (Lipinski definition) is 1. The standard InChI is InChI=1S/C18H23NO.O3S/c1-13(18(20)19-16-7-3-4-8-16)12-15-11-10-14-6-2-5-9-17(14)15;1-4(2)3/h2,5-6,9,11,13,16H,3-4,7-8,10,12H2,1H3,(H,19,20);/t13-;/m0./s1. The molecule has 0 heterocycles. The summed E-state index contributed by atoms with van der Waals surface area (Å²) in [6.07, 6.45) is 8.99. The monoisotopic (exact) mass is 349 g/mol. The first-order valence-electron chi connectivity index (χ1n) is 8.31. The quantitative estimate of drug-likeness (QED) is 0.906. The van der Waals surface area contributed by atoms with E-state index >= 15 is 0 Å². The predicted molar refractivity (Wildman–Crippen MR) is 92.0 cm³/mol. The third kappa shape index (κ3) is 5.30. The number of fused-ring (bicyclic) bond motifs is 1. The molecule has 1 aromatic rings. The summed E-state index contributed by atoms with van der Waals surface area (Å²) in [5.41, 5.74) is 4.08. The Balaban J connectivity index is 0.000000471. The highest BCUT2D eigenvalue weighted by Gasteiger charge is 2.23. The average Bonchev–Trinajstić information content (AvgIpc) is 3.17. The Hall–Kier alpha value is -1.95. The molecule has 1 atom stereocenters. The topological polar surface area (TPSA) is 80.3 Å². The third-order valence-corrected chi connectivity index (χ3v) is 4.61. The number of benzene rings is 1. The van der Waals surface area contributed by atoms with Crippen LogP contribution in [-0.4, -0.2) is 24.6 Å². The minimum atomic E-state index is -3.11. The zero-order chi connectivity index (χ0) is 17.5. The molecular weight excluding hydrogens is 326 g/mol. The van der Waals surface area contributed by atoms with Crippen molar-refractivity contribution < 1.29 is 17.4 Å². The van der Waals surface area contributed by atoms with Gasteiger partial charge >= 0.3 is 10.6 Å². The van der Waals surface area contributed by atoms with Gasteiger partial charge in [0.25, 0.3) is 0 Å². The van der Waals surface area contributed by atoms with Crippen molar-refractivity contribution in [3.05, 3.63) is 41.5 Å². The number of carbonyl (C=O) groups is 1. The van der Waals surface area contributed by atoms with Crippen molar-refractivity contribution >= 4 is 22.1 Å². The number of carbonyl (C=O) groups excluding carboxylic acids is 1. The van der Waals surface area contributed by atoms with Gasteiger partial charge in [-0.15, -0.1) is 12.6 Å². The lowest BCUT2D eigenvalue weighted by atomic mass is 9.95. The second-order valence-corrected chi connectivity index (χ2v) is 6.80. The normalized spacial score (nSPS) is 17.3. The van der Waals surface area contributed by atoms with Gasteiger partial charge in [-0.2, -0.15) is 0 Å². The predicted octanol–water partition coefficient (Wildman–Crippen LogP) is 2.71. The van der Waals surface area contributed by atoms with Crippen molar-refractivity contribution in [2.75, 3.05) is 0 Å². The lowest BCUT2D eigenvalue weighted by molar-refractivity contribution is -0.125. The fourth-order valence-electron chi connectivity index (χ4n) is 3.38. The molecule has 0 spiro atoms. The van der Waals surface area contributed by atoms with E-state index in [1.807, 2.05) is 6.92 Å². The zero-order valence-corrected chi connectivity index (χ0v) is 14.6. The Morgan fingerprint density at radius 2 is 1.83 bits per heavy atom. The van der Waals surface area contributed by atoms with Gasteiger partial charge in [-0.1, -0.05) is 50.1 Å². The Kier molecular flexibility index (Phi) is 6.73. The molecule has 1 aromatic carbocycles. The summed E-state index contributed by atoms with van der Waals surface area (Å²) < 4.78 is 25.3. The summed E-state index contributed by atoms with van der Waals surface area (Å²) in [4.78, 5) is 12.3. The molecule has 0 saturated heterocycles. The van der Waals surface area contributed by atoms with Crippen molar-refractivity contribution in [3.63, 3.8) is 0 Å². The lowest BCUT2D eigenvalue weighted by Gasteiger charge is -2.17. The maximum Gasteiger partial charge on any atom is 0.425 e. The van der Waals surface area contributed by atoms with Crippen LogP contribution in [0, 0.1) is 5.92 Å². The fourth-order valence-corrected chi connectivity index (χ4v) is 3.38. The maximum atomic E-state index is 12.3. The van der Waals surface area contributed by atoms with Crippen LogP contribution < -0.4 is 5.32 Å². The smallest absolute Gasteiger partial charge is 0.353 e. The van der Waals surface area contributed by atoms with E-state index in [9.17, 15) is 4.79 Å². The van der Waals surface area contributed by atoms with Gasteiger partial charge in [0.2, 0.25) is 5.91 Å². The maximum absolute atomic E-state index is 12.3. The summed E-state index contributed by atoms with van der Waals surface area (Å²) in [6, 6.07) is 8.96. The highest BCUT2D eigenvalue weighted by Crippen LogP contribution is 2.32. The number of allylic oxidation sites excluding steroid dienone is 2. The van der Waals surface area contributed by atoms with Crippen LogP contribution in [0.2, 0.25) is 0 Å². The van der Waals surface area contributed by atoms with E-state index in [2.05, 4.69) is 35.7 Å². The zero-order valence-electron chi connectivity index (χ0n) is 13.8. The van der Waals surface area contributed by atoms with E-state index in [4.69, 9.17) is 12.6 Å². The highest BCUT2D eigenvalue weighted by molar-refractivity contribution is 7.59. The largest absolute Gasteiger partial charge is 0.425 e. The van der Waals surface area contributed by atoms with E-state index in [1.54, 1.807) is 0 Å². The van der Waals surface area contributed by atoms with Gasteiger partial charge in [-0.3, -0.25) is 4.79 Å². The minimum absolute atomic E-state index is 0.0630. The van der Waals surface area contributed by atoms with E-state index in [0.717, 1.165) is 25.7 Å². The van der Waals surface area contributed by atoms with Crippen molar-refractivity contribution in [1.29, 1.82) is 0 Å². The van der Waals surface area contributed by atoms with Crippen LogP contribution in [0.1, 0.15) is 50.2 Å². The molecule has 0 unspecified atom stereocenters. The SMILES string of the molecule is C[C@@H](CC1=CCc2ccccc21)C(=O)NC1CCCC1.O=S(=O)=O. The number of amides is 1. The highest BCUT2D eigenvalue weighted by atomic mass is 32.2. The van der Waals surface area contributed by atoms with Gasteiger partial charge in [-0.05, 0) is 42.4 Å². The van der Waals surface area contributed by atoms with Crippen LogP contribution in [0.25, 0.3) is 5.57 Å². The van der Waals surface area contributed by atoms with Gasteiger partial charge < -0.3 is 5.32 Å². The third-order valence-electron chi connectivity index (χ3n) is 4.61. The number of hydrogen-bond acceptors (Lipinski definition) is 4. The van der Waals surface area contributed by atoms with Crippen LogP contribution >= 0.6 is 0 Å². The fraction of sp³-hybridized carbons (Fsp3) is 0.500. The molecule has 0 radical (unpaired) electrons. The van der Waals surface area contributed by atoms with Gasteiger partial charge in [0.05, 0.1) is 0 Å². The first-order valence-corrected chi connectivity index (χ1v) is 9.31. The Bertz CT molecular complexity index is 711. The Labute approximate surface area is 144 Å². The molecular formula is C18H23NO4S. The van der Waals surface area contributed by atoms with Crippen molar-refractivity contribution in [2.24, 2.45) is 5.92 Å². The number of rotatable bonds is 4. The number of nitrogens with one attached hydrogen (secondary N) is 1. The van der Waals surface area contributed by atoms with Gasteiger partial charge in [-0.25, -0.2) is 0 Å². The molecule has 1 amide bonds. The van der Waals surface area contributed by atoms with E-state index in [0.29, 0.717) is 6.04 Å². The lowest BCUT2D eigenvalue weighted by Crippen LogP contribution is -2.36. The first kappa shape index (κ1) is 18.4. The Morgan fingerprint density at radius 3 is 2.50 bits per heavy atom. The summed E-state index contributed by atoms with van der Waals surface area (Å²) >= 11 is 0. The van der Waals surface area contributed by atoms with Crippen LogP contribution in [0.3, 0.4) is 0 Å². The summed E-state index contributed by atoms with van der Waals surface area (Å²) in [7, 11) is -3.11. The van der Waals surface area contributed by atoms with Crippen molar-refractivity contribution in [2.45, 2.75) is 51.5 Å². The van der Waals surface area contributed by atoms with Gasteiger partial charge in [0.1, 0.15) is 0 Å². The van der Waals surface area contributed by atoms with E-state index in [1.165, 1.54) is 29.5 Å².